The molecule has 3 aromatic rings. The van der Waals surface area contributed by atoms with E-state index in [1.54, 1.807) is 31.6 Å². The molecule has 1 atom stereocenters. The van der Waals surface area contributed by atoms with Crippen LogP contribution < -0.4 is 10.5 Å². The van der Waals surface area contributed by atoms with Crippen molar-refractivity contribution in [3.05, 3.63) is 54.4 Å². The second kappa shape index (κ2) is 6.54. The lowest BCUT2D eigenvalue weighted by atomic mass is 10.2. The molecule has 7 heteroatoms. The molecule has 2 N–H and O–H groups in total. The zero-order valence-corrected chi connectivity index (χ0v) is 14.3. The molecular weight excluding hydrogens is 324 g/mol. The third-order valence-corrected chi connectivity index (χ3v) is 5.30. The molecule has 2 aromatic carbocycles. The molecule has 0 aliphatic heterocycles. The van der Waals surface area contributed by atoms with Gasteiger partial charge in [0.25, 0.3) is 0 Å². The first-order valence-corrected chi connectivity index (χ1v) is 9.26. The van der Waals surface area contributed by atoms with Crippen molar-refractivity contribution in [2.24, 2.45) is 10.1 Å². The third-order valence-electron chi connectivity index (χ3n) is 3.65. The summed E-state index contributed by atoms with van der Waals surface area (Å²) in [4.78, 5) is 9.04. The molecule has 0 saturated carbocycles. The quantitative estimate of drug-likeness (QED) is 0.787. The minimum absolute atomic E-state index is 0.388. The Morgan fingerprint density at radius 3 is 2.79 bits per heavy atom. The maximum Gasteiger partial charge on any atom is 0.172 e. The molecule has 0 aliphatic rings. The van der Waals surface area contributed by atoms with Crippen LogP contribution in [0, 0.1) is 0 Å². The standard InChI is InChI=1S/C17H18N4O2S/c1-23-13-6-7-15-16(9-13)19-11-20-17(15)21-24(2,22)14-5-3-4-12(8-14)10-18/h3-9,11H,10,18H2,1-2H3. The van der Waals surface area contributed by atoms with Gasteiger partial charge in [0.2, 0.25) is 0 Å². The van der Waals surface area contributed by atoms with Crippen molar-refractivity contribution in [2.75, 3.05) is 13.4 Å². The van der Waals surface area contributed by atoms with E-state index < -0.39 is 9.73 Å². The van der Waals surface area contributed by atoms with Crippen molar-refractivity contribution in [3.8, 4) is 5.75 Å². The number of nitrogens with zero attached hydrogens (tertiary/aromatic N) is 3. The number of ether oxygens (including phenoxy) is 1. The highest BCUT2D eigenvalue weighted by atomic mass is 32.2. The molecule has 3 rings (SSSR count). The number of nitrogens with two attached hydrogens (primary N) is 1. The Morgan fingerprint density at radius 1 is 1.21 bits per heavy atom. The van der Waals surface area contributed by atoms with Crippen LogP contribution in [-0.4, -0.2) is 27.5 Å². The highest BCUT2D eigenvalue weighted by molar-refractivity contribution is 7.93. The van der Waals surface area contributed by atoms with E-state index in [0.29, 0.717) is 28.5 Å². The lowest BCUT2D eigenvalue weighted by molar-refractivity contribution is 0.415. The average Bonchev–Trinajstić information content (AvgIpc) is 2.61. The van der Waals surface area contributed by atoms with Gasteiger partial charge in [-0.05, 0) is 29.8 Å². The highest BCUT2D eigenvalue weighted by Gasteiger charge is 2.10. The minimum atomic E-state index is -2.66. The second-order valence-electron chi connectivity index (χ2n) is 5.33. The summed E-state index contributed by atoms with van der Waals surface area (Å²) in [5.41, 5.74) is 7.26. The smallest absolute Gasteiger partial charge is 0.172 e. The van der Waals surface area contributed by atoms with Crippen molar-refractivity contribution >= 4 is 26.4 Å². The van der Waals surface area contributed by atoms with Crippen LogP contribution in [0.25, 0.3) is 10.9 Å². The van der Waals surface area contributed by atoms with Crippen LogP contribution in [0.3, 0.4) is 0 Å². The summed E-state index contributed by atoms with van der Waals surface area (Å²) >= 11 is 0. The largest absolute Gasteiger partial charge is 0.497 e. The van der Waals surface area contributed by atoms with Gasteiger partial charge in [0.15, 0.2) is 5.82 Å². The Morgan fingerprint density at radius 2 is 2.04 bits per heavy atom. The van der Waals surface area contributed by atoms with E-state index in [2.05, 4.69) is 14.3 Å². The van der Waals surface area contributed by atoms with Crippen LogP contribution in [0.5, 0.6) is 5.75 Å². The predicted molar refractivity (Wildman–Crippen MR) is 94.8 cm³/mol. The normalized spacial score (nSPS) is 13.5. The van der Waals surface area contributed by atoms with E-state index in [0.717, 1.165) is 10.9 Å². The monoisotopic (exact) mass is 342 g/mol. The van der Waals surface area contributed by atoms with Crippen molar-refractivity contribution in [1.29, 1.82) is 0 Å². The van der Waals surface area contributed by atoms with E-state index in [1.807, 2.05) is 24.3 Å². The van der Waals surface area contributed by atoms with Crippen LogP contribution in [0.4, 0.5) is 5.82 Å². The van der Waals surface area contributed by atoms with E-state index in [4.69, 9.17) is 10.5 Å². The van der Waals surface area contributed by atoms with Gasteiger partial charge >= 0.3 is 0 Å². The molecule has 0 amide bonds. The third kappa shape index (κ3) is 3.22. The van der Waals surface area contributed by atoms with Gasteiger partial charge in [0.05, 0.1) is 22.4 Å². The summed E-state index contributed by atoms with van der Waals surface area (Å²) in [6.45, 7) is 0.388. The van der Waals surface area contributed by atoms with Gasteiger partial charge in [-0.1, -0.05) is 12.1 Å². The number of methoxy groups -OCH3 is 1. The van der Waals surface area contributed by atoms with Crippen molar-refractivity contribution in [2.45, 2.75) is 11.4 Å². The molecule has 0 saturated heterocycles. The predicted octanol–water partition coefficient (Wildman–Crippen LogP) is 2.89. The number of fused-ring (bicyclic) bond motifs is 1. The zero-order valence-electron chi connectivity index (χ0n) is 13.5. The summed E-state index contributed by atoms with van der Waals surface area (Å²) in [6.07, 6.45) is 3.01. The number of rotatable bonds is 4. The fourth-order valence-electron chi connectivity index (χ4n) is 2.35. The summed E-state index contributed by atoms with van der Waals surface area (Å²) in [6, 6.07) is 12.7. The van der Waals surface area contributed by atoms with Crippen molar-refractivity contribution < 1.29 is 8.95 Å². The summed E-state index contributed by atoms with van der Waals surface area (Å²) in [5, 5.41) is 0.725. The Kier molecular flexibility index (Phi) is 4.46. The number of hydrogen-bond donors (Lipinski definition) is 1. The zero-order chi connectivity index (χ0) is 17.2. The van der Waals surface area contributed by atoms with Crippen LogP contribution in [-0.2, 0) is 16.3 Å². The van der Waals surface area contributed by atoms with Crippen molar-refractivity contribution in [3.63, 3.8) is 0 Å². The minimum Gasteiger partial charge on any atom is -0.497 e. The van der Waals surface area contributed by atoms with Gasteiger partial charge in [0, 0.05) is 29.1 Å². The molecule has 1 heterocycles. The Hall–Kier alpha value is -2.51. The highest BCUT2D eigenvalue weighted by Crippen LogP contribution is 2.27. The maximum absolute atomic E-state index is 13.1. The molecule has 0 fully saturated rings. The van der Waals surface area contributed by atoms with Gasteiger partial charge in [-0.3, -0.25) is 0 Å². The van der Waals surface area contributed by atoms with Gasteiger partial charge in [0.1, 0.15) is 12.1 Å². The Labute approximate surface area is 140 Å². The van der Waals surface area contributed by atoms with Crippen LogP contribution in [0.2, 0.25) is 0 Å². The lowest BCUT2D eigenvalue weighted by Crippen LogP contribution is -2.01. The second-order valence-corrected chi connectivity index (χ2v) is 7.58. The van der Waals surface area contributed by atoms with Gasteiger partial charge in [-0.15, -0.1) is 0 Å². The first-order valence-electron chi connectivity index (χ1n) is 7.33. The fraction of sp³-hybridized carbons (Fsp3) is 0.176. The van der Waals surface area contributed by atoms with E-state index in [9.17, 15) is 4.21 Å². The van der Waals surface area contributed by atoms with Crippen LogP contribution in [0.1, 0.15) is 5.56 Å². The van der Waals surface area contributed by atoms with Crippen LogP contribution in [0.15, 0.2) is 58.1 Å². The van der Waals surface area contributed by atoms with Crippen LogP contribution >= 0.6 is 0 Å². The van der Waals surface area contributed by atoms with E-state index >= 15 is 0 Å². The Balaban J connectivity index is 2.16. The van der Waals surface area contributed by atoms with Crippen molar-refractivity contribution in [1.82, 2.24) is 9.97 Å². The van der Waals surface area contributed by atoms with Gasteiger partial charge in [-0.2, -0.15) is 4.36 Å². The molecule has 0 aliphatic carbocycles. The van der Waals surface area contributed by atoms with E-state index in [1.165, 1.54) is 6.33 Å². The molecule has 6 nitrogen and oxygen atoms in total. The first kappa shape index (κ1) is 16.4. The average molecular weight is 342 g/mol. The molecular formula is C17H18N4O2S. The number of hydrogen-bond acceptors (Lipinski definition) is 6. The summed E-state index contributed by atoms with van der Waals surface area (Å²) in [5.74, 6) is 1.09. The summed E-state index contributed by atoms with van der Waals surface area (Å²) in [7, 11) is -1.06. The fourth-order valence-corrected chi connectivity index (χ4v) is 3.63. The summed E-state index contributed by atoms with van der Waals surface area (Å²) < 4.78 is 22.7. The number of aromatic nitrogens is 2. The molecule has 0 bridgehead atoms. The van der Waals surface area contributed by atoms with Gasteiger partial charge < -0.3 is 10.5 Å². The SMILES string of the molecule is COc1ccc2c(N=S(C)(=O)c3cccc(CN)c3)ncnc2c1. The first-order chi connectivity index (χ1) is 11.5. The molecule has 0 spiro atoms. The maximum atomic E-state index is 13.1. The number of benzene rings is 2. The Bertz CT molecular complexity index is 1010. The lowest BCUT2D eigenvalue weighted by Gasteiger charge is -2.08. The topological polar surface area (TPSA) is 90.5 Å². The molecule has 24 heavy (non-hydrogen) atoms. The van der Waals surface area contributed by atoms with E-state index in [-0.39, 0.29) is 0 Å². The molecule has 1 aromatic heterocycles. The molecule has 124 valence electrons. The van der Waals surface area contributed by atoms with Gasteiger partial charge in [-0.25, -0.2) is 14.2 Å². The molecule has 0 radical (unpaired) electrons. The molecule has 1 unspecified atom stereocenters.